The molecule has 0 aromatic rings. The standard InChI is InChI=1S/C11H17F3N2O2/c1-10(2,3)18-9(17)16-5-6-4-7(16)8(15-6)11(12,13)14/h6-8,15H,4-5H2,1-3H3/t6-,7-,8?/m0/s1. The summed E-state index contributed by atoms with van der Waals surface area (Å²) in [6, 6.07) is -2.76. The number of hydrogen-bond donors (Lipinski definition) is 1. The maximum Gasteiger partial charge on any atom is 0.410 e. The number of carbonyl (C=O) groups is 1. The van der Waals surface area contributed by atoms with E-state index in [4.69, 9.17) is 4.74 Å². The molecular weight excluding hydrogens is 249 g/mol. The molecule has 1 N–H and O–H groups in total. The lowest BCUT2D eigenvalue weighted by Crippen LogP contribution is -2.59. The van der Waals surface area contributed by atoms with E-state index in [1.54, 1.807) is 20.8 Å². The molecule has 3 atom stereocenters. The number of ether oxygens (including phenoxy) is 1. The molecule has 0 radical (unpaired) electrons. The molecule has 0 spiro atoms. The zero-order chi connectivity index (χ0) is 13.7. The van der Waals surface area contributed by atoms with E-state index in [0.717, 1.165) is 0 Å². The fourth-order valence-electron chi connectivity index (χ4n) is 2.51. The molecule has 4 nitrogen and oxygen atoms in total. The highest BCUT2D eigenvalue weighted by atomic mass is 19.4. The van der Waals surface area contributed by atoms with Gasteiger partial charge in [-0.05, 0) is 27.2 Å². The van der Waals surface area contributed by atoms with Crippen LogP contribution in [0.4, 0.5) is 18.0 Å². The van der Waals surface area contributed by atoms with Gasteiger partial charge in [0.05, 0.1) is 6.04 Å². The maximum absolute atomic E-state index is 12.8. The van der Waals surface area contributed by atoms with Gasteiger partial charge in [0.15, 0.2) is 0 Å². The number of rotatable bonds is 0. The fourth-order valence-corrected chi connectivity index (χ4v) is 2.51. The average Bonchev–Trinajstić information content (AvgIpc) is 2.71. The first-order chi connectivity index (χ1) is 8.08. The highest BCUT2D eigenvalue weighted by Gasteiger charge is 2.57. The van der Waals surface area contributed by atoms with Gasteiger partial charge in [-0.1, -0.05) is 0 Å². The molecular formula is C11H17F3N2O2. The molecule has 7 heteroatoms. The molecule has 18 heavy (non-hydrogen) atoms. The van der Waals surface area contributed by atoms with Crippen LogP contribution in [0.5, 0.6) is 0 Å². The second-order valence-corrected chi connectivity index (χ2v) is 5.82. The van der Waals surface area contributed by atoms with E-state index in [2.05, 4.69) is 5.32 Å². The van der Waals surface area contributed by atoms with Gasteiger partial charge in [-0.3, -0.25) is 5.32 Å². The molecule has 1 unspecified atom stereocenters. The van der Waals surface area contributed by atoms with E-state index in [1.807, 2.05) is 0 Å². The highest BCUT2D eigenvalue weighted by Crippen LogP contribution is 2.37. The summed E-state index contributed by atoms with van der Waals surface area (Å²) in [4.78, 5) is 13.0. The summed E-state index contributed by atoms with van der Waals surface area (Å²) in [5.41, 5.74) is -0.694. The molecule has 2 saturated heterocycles. The normalized spacial score (nSPS) is 31.9. The fraction of sp³-hybridized carbons (Fsp3) is 0.909. The van der Waals surface area contributed by atoms with Crippen molar-refractivity contribution in [2.45, 2.75) is 57.1 Å². The van der Waals surface area contributed by atoms with Crippen LogP contribution in [-0.4, -0.2) is 47.4 Å². The number of hydrogen-bond acceptors (Lipinski definition) is 3. The largest absolute Gasteiger partial charge is 0.444 e. The molecule has 2 bridgehead atoms. The van der Waals surface area contributed by atoms with Crippen molar-refractivity contribution in [3.05, 3.63) is 0 Å². The first-order valence-electron chi connectivity index (χ1n) is 5.90. The van der Waals surface area contributed by atoms with Crippen LogP contribution in [0.15, 0.2) is 0 Å². The molecule has 2 heterocycles. The van der Waals surface area contributed by atoms with Crippen molar-refractivity contribution in [3.63, 3.8) is 0 Å². The third kappa shape index (κ3) is 2.55. The number of nitrogens with zero attached hydrogens (tertiary/aromatic N) is 1. The summed E-state index contributed by atoms with van der Waals surface area (Å²) in [6.07, 6.45) is -4.66. The number of likely N-dealkylation sites (tertiary alicyclic amines) is 1. The number of alkyl halides is 3. The van der Waals surface area contributed by atoms with Gasteiger partial charge >= 0.3 is 12.3 Å². The molecule has 2 aliphatic heterocycles. The van der Waals surface area contributed by atoms with Crippen molar-refractivity contribution in [1.29, 1.82) is 0 Å². The van der Waals surface area contributed by atoms with Crippen molar-refractivity contribution in [2.75, 3.05) is 6.54 Å². The summed E-state index contributed by atoms with van der Waals surface area (Å²) >= 11 is 0. The lowest BCUT2D eigenvalue weighted by atomic mass is 10.1. The molecule has 2 aliphatic rings. The number of fused-ring (bicyclic) bond motifs is 2. The summed E-state index contributed by atoms with van der Waals surface area (Å²) in [6.45, 7) is 5.36. The zero-order valence-corrected chi connectivity index (χ0v) is 10.5. The van der Waals surface area contributed by atoms with Gasteiger partial charge < -0.3 is 9.64 Å². The van der Waals surface area contributed by atoms with Gasteiger partial charge in [-0.25, -0.2) is 4.79 Å². The Balaban J connectivity index is 2.06. The van der Waals surface area contributed by atoms with Crippen LogP contribution in [0.25, 0.3) is 0 Å². The van der Waals surface area contributed by atoms with Crippen LogP contribution < -0.4 is 5.32 Å². The molecule has 104 valence electrons. The van der Waals surface area contributed by atoms with Crippen molar-refractivity contribution in [1.82, 2.24) is 10.2 Å². The predicted molar refractivity (Wildman–Crippen MR) is 58.1 cm³/mol. The molecule has 1 amide bonds. The Bertz CT molecular complexity index is 351. The summed E-state index contributed by atoms with van der Waals surface area (Å²) in [7, 11) is 0. The van der Waals surface area contributed by atoms with Crippen LogP contribution in [0.2, 0.25) is 0 Å². The Morgan fingerprint density at radius 2 is 1.94 bits per heavy atom. The number of piperazine rings is 1. The number of amides is 1. The van der Waals surface area contributed by atoms with E-state index in [1.165, 1.54) is 4.90 Å². The van der Waals surface area contributed by atoms with Crippen LogP contribution in [0.3, 0.4) is 0 Å². The maximum atomic E-state index is 12.8. The van der Waals surface area contributed by atoms with Gasteiger partial charge in [0.1, 0.15) is 11.6 Å². The van der Waals surface area contributed by atoms with E-state index >= 15 is 0 Å². The minimum Gasteiger partial charge on any atom is -0.444 e. The number of halogens is 3. The predicted octanol–water partition coefficient (Wildman–Crippen LogP) is 1.90. The second kappa shape index (κ2) is 4.01. The molecule has 2 fully saturated rings. The Morgan fingerprint density at radius 1 is 1.33 bits per heavy atom. The topological polar surface area (TPSA) is 41.6 Å². The third-order valence-electron chi connectivity index (χ3n) is 3.12. The third-order valence-corrected chi connectivity index (χ3v) is 3.12. The first-order valence-corrected chi connectivity index (χ1v) is 5.90. The van der Waals surface area contributed by atoms with E-state index in [0.29, 0.717) is 6.42 Å². The summed E-state index contributed by atoms with van der Waals surface area (Å²) in [5.74, 6) is 0. The van der Waals surface area contributed by atoms with Gasteiger partial charge in [0.25, 0.3) is 0 Å². The highest BCUT2D eigenvalue weighted by molar-refractivity contribution is 5.69. The van der Waals surface area contributed by atoms with Gasteiger partial charge in [0.2, 0.25) is 0 Å². The molecule has 0 aliphatic carbocycles. The van der Waals surface area contributed by atoms with Crippen LogP contribution in [0.1, 0.15) is 27.2 Å². The van der Waals surface area contributed by atoms with E-state index < -0.39 is 30.0 Å². The van der Waals surface area contributed by atoms with Crippen LogP contribution >= 0.6 is 0 Å². The van der Waals surface area contributed by atoms with Gasteiger partial charge in [0, 0.05) is 12.6 Å². The zero-order valence-electron chi connectivity index (χ0n) is 10.5. The van der Waals surface area contributed by atoms with Crippen molar-refractivity contribution >= 4 is 6.09 Å². The lowest BCUT2D eigenvalue weighted by Gasteiger charge is -2.35. The van der Waals surface area contributed by atoms with Crippen LogP contribution in [0, 0.1) is 0 Å². The molecule has 0 saturated carbocycles. The van der Waals surface area contributed by atoms with Crippen molar-refractivity contribution in [3.8, 4) is 0 Å². The Kier molecular flexibility index (Phi) is 3.00. The van der Waals surface area contributed by atoms with Crippen LogP contribution in [-0.2, 0) is 4.74 Å². The number of nitrogens with one attached hydrogen (secondary N) is 1. The van der Waals surface area contributed by atoms with E-state index in [-0.39, 0.29) is 12.6 Å². The summed E-state index contributed by atoms with van der Waals surface area (Å²) in [5, 5.41) is 2.50. The average molecular weight is 266 g/mol. The van der Waals surface area contributed by atoms with Crippen molar-refractivity contribution in [2.24, 2.45) is 0 Å². The second-order valence-electron chi connectivity index (χ2n) is 5.82. The Labute approximate surface area is 103 Å². The summed E-state index contributed by atoms with van der Waals surface area (Å²) < 4.78 is 43.4. The smallest absolute Gasteiger partial charge is 0.410 e. The first kappa shape index (κ1) is 13.5. The quantitative estimate of drug-likeness (QED) is 0.728. The minimum atomic E-state index is -4.33. The molecule has 2 rings (SSSR count). The number of carbonyl (C=O) groups excluding carboxylic acids is 1. The van der Waals surface area contributed by atoms with Gasteiger partial charge in [-0.15, -0.1) is 0 Å². The molecule has 0 aromatic carbocycles. The van der Waals surface area contributed by atoms with E-state index in [9.17, 15) is 18.0 Å². The van der Waals surface area contributed by atoms with Crippen molar-refractivity contribution < 1.29 is 22.7 Å². The van der Waals surface area contributed by atoms with Gasteiger partial charge in [-0.2, -0.15) is 13.2 Å². The Morgan fingerprint density at radius 3 is 2.39 bits per heavy atom. The lowest BCUT2D eigenvalue weighted by molar-refractivity contribution is -0.166. The Hall–Kier alpha value is -0.980. The SMILES string of the molecule is CC(C)(C)OC(=O)N1C[C@@H]2C[C@H]1C(C(F)(F)F)N2. The minimum absolute atomic E-state index is 0.283. The molecule has 0 aromatic heterocycles. The monoisotopic (exact) mass is 266 g/mol.